The first kappa shape index (κ1) is 14.3. The lowest BCUT2D eigenvalue weighted by molar-refractivity contribution is -0.118. The lowest BCUT2D eigenvalue weighted by Gasteiger charge is -2.22. The molecule has 1 aromatic heterocycles. The van der Waals surface area contributed by atoms with Crippen LogP contribution in [0.1, 0.15) is 44.3 Å². The summed E-state index contributed by atoms with van der Waals surface area (Å²) >= 11 is 1.58. The summed E-state index contributed by atoms with van der Waals surface area (Å²) in [6, 6.07) is -0.0396. The molecule has 2 N–H and O–H groups in total. The van der Waals surface area contributed by atoms with Gasteiger partial charge in [0.15, 0.2) is 0 Å². The van der Waals surface area contributed by atoms with Gasteiger partial charge in [-0.05, 0) is 18.8 Å². The van der Waals surface area contributed by atoms with Crippen LogP contribution < -0.4 is 5.73 Å². The second-order valence-corrected chi connectivity index (χ2v) is 6.86. The molecule has 0 spiro atoms. The van der Waals surface area contributed by atoms with E-state index in [1.807, 2.05) is 12.3 Å². The summed E-state index contributed by atoms with van der Waals surface area (Å²) in [7, 11) is 0. The number of carbonyl (C=O) groups is 1. The predicted octanol–water partition coefficient (Wildman–Crippen LogP) is 2.72. The fraction of sp³-hybridized carbons (Fsp3) is 0.692. The third-order valence-corrected chi connectivity index (χ3v) is 3.23. The number of nitrogens with zero attached hydrogens (tertiary/aromatic N) is 1. The molecule has 0 bridgehead atoms. The van der Waals surface area contributed by atoms with Gasteiger partial charge in [-0.15, -0.1) is 11.3 Å². The number of Topliss-reactive ketones (excluding diaryl/α,β-unsaturated/α-hetero) is 1. The maximum atomic E-state index is 11.8. The van der Waals surface area contributed by atoms with Crippen molar-refractivity contribution in [3.05, 3.63) is 16.1 Å². The van der Waals surface area contributed by atoms with Crippen LogP contribution in [0.4, 0.5) is 0 Å². The molecule has 0 aliphatic rings. The summed E-state index contributed by atoms with van der Waals surface area (Å²) in [5.41, 5.74) is 7.03. The van der Waals surface area contributed by atoms with Crippen LogP contribution in [0.25, 0.3) is 0 Å². The van der Waals surface area contributed by atoms with Gasteiger partial charge in [-0.25, -0.2) is 4.98 Å². The van der Waals surface area contributed by atoms with E-state index < -0.39 is 0 Å². The molecule has 1 rings (SSSR count). The number of hydrogen-bond donors (Lipinski definition) is 1. The standard InChI is InChI=1S/C13H22N2OS/c1-9-15-11(8-17-9)6-12(16)5-10(14)7-13(2,3)4/h8,10H,5-7,14H2,1-4H3. The van der Waals surface area contributed by atoms with E-state index in [2.05, 4.69) is 25.8 Å². The molecule has 0 fully saturated rings. The summed E-state index contributed by atoms with van der Waals surface area (Å²) in [6.07, 6.45) is 1.74. The van der Waals surface area contributed by atoms with Crippen molar-refractivity contribution in [3.63, 3.8) is 0 Å². The van der Waals surface area contributed by atoms with E-state index in [4.69, 9.17) is 5.73 Å². The average molecular weight is 254 g/mol. The quantitative estimate of drug-likeness (QED) is 0.879. The van der Waals surface area contributed by atoms with E-state index in [1.54, 1.807) is 11.3 Å². The highest BCUT2D eigenvalue weighted by atomic mass is 32.1. The highest BCUT2D eigenvalue weighted by molar-refractivity contribution is 7.09. The van der Waals surface area contributed by atoms with Crippen molar-refractivity contribution in [2.75, 3.05) is 0 Å². The van der Waals surface area contributed by atoms with Gasteiger partial charge in [0.05, 0.1) is 10.7 Å². The monoisotopic (exact) mass is 254 g/mol. The van der Waals surface area contributed by atoms with Gasteiger partial charge in [0.25, 0.3) is 0 Å². The lowest BCUT2D eigenvalue weighted by atomic mass is 9.86. The van der Waals surface area contributed by atoms with Gasteiger partial charge in [0.1, 0.15) is 5.78 Å². The molecule has 0 aromatic carbocycles. The van der Waals surface area contributed by atoms with Gasteiger partial charge in [0.2, 0.25) is 0 Å². The van der Waals surface area contributed by atoms with E-state index in [9.17, 15) is 4.79 Å². The summed E-state index contributed by atoms with van der Waals surface area (Å²) in [5.74, 6) is 0.187. The first-order chi connectivity index (χ1) is 7.76. The summed E-state index contributed by atoms with van der Waals surface area (Å²) in [5, 5.41) is 2.95. The van der Waals surface area contributed by atoms with Crippen LogP contribution in [-0.2, 0) is 11.2 Å². The molecule has 0 saturated carbocycles. The van der Waals surface area contributed by atoms with Gasteiger partial charge in [-0.3, -0.25) is 4.79 Å². The highest BCUT2D eigenvalue weighted by Gasteiger charge is 2.18. The van der Waals surface area contributed by atoms with Crippen LogP contribution in [0.3, 0.4) is 0 Å². The van der Waals surface area contributed by atoms with Crippen LogP contribution in [0, 0.1) is 12.3 Å². The number of thiazole rings is 1. The molecule has 3 nitrogen and oxygen atoms in total. The minimum Gasteiger partial charge on any atom is -0.327 e. The zero-order chi connectivity index (χ0) is 13.1. The number of ketones is 1. The van der Waals surface area contributed by atoms with Crippen LogP contribution >= 0.6 is 11.3 Å². The van der Waals surface area contributed by atoms with Gasteiger partial charge >= 0.3 is 0 Å². The molecule has 1 atom stereocenters. The van der Waals surface area contributed by atoms with Crippen molar-refractivity contribution in [3.8, 4) is 0 Å². The zero-order valence-electron chi connectivity index (χ0n) is 11.1. The molecule has 1 unspecified atom stereocenters. The Morgan fingerprint density at radius 3 is 2.65 bits per heavy atom. The highest BCUT2D eigenvalue weighted by Crippen LogP contribution is 2.21. The van der Waals surface area contributed by atoms with Crippen molar-refractivity contribution in [2.45, 2.75) is 53.0 Å². The second kappa shape index (κ2) is 5.74. The van der Waals surface area contributed by atoms with Crippen molar-refractivity contribution < 1.29 is 4.79 Å². The van der Waals surface area contributed by atoms with Crippen molar-refractivity contribution in [1.29, 1.82) is 0 Å². The molecule has 96 valence electrons. The Hall–Kier alpha value is -0.740. The Morgan fingerprint density at radius 1 is 1.53 bits per heavy atom. The topological polar surface area (TPSA) is 56.0 Å². The van der Waals surface area contributed by atoms with E-state index in [-0.39, 0.29) is 17.2 Å². The van der Waals surface area contributed by atoms with Gasteiger partial charge in [0, 0.05) is 24.3 Å². The van der Waals surface area contributed by atoms with E-state index in [0.29, 0.717) is 12.8 Å². The van der Waals surface area contributed by atoms with Crippen LogP contribution in [0.15, 0.2) is 5.38 Å². The Morgan fingerprint density at radius 2 is 2.18 bits per heavy atom. The number of carbonyl (C=O) groups excluding carboxylic acids is 1. The average Bonchev–Trinajstić information content (AvgIpc) is 2.46. The van der Waals surface area contributed by atoms with E-state index >= 15 is 0 Å². The first-order valence-electron chi connectivity index (χ1n) is 5.94. The lowest BCUT2D eigenvalue weighted by Crippen LogP contribution is -2.29. The molecule has 0 saturated heterocycles. The third kappa shape index (κ3) is 5.94. The maximum absolute atomic E-state index is 11.8. The van der Waals surface area contributed by atoms with Crippen LogP contribution in [0.2, 0.25) is 0 Å². The molecule has 0 aliphatic carbocycles. The fourth-order valence-electron chi connectivity index (χ4n) is 1.91. The summed E-state index contributed by atoms with van der Waals surface area (Å²) in [4.78, 5) is 16.1. The predicted molar refractivity (Wildman–Crippen MR) is 72.2 cm³/mol. The molecule has 0 amide bonds. The minimum absolute atomic E-state index is 0.0396. The number of aromatic nitrogens is 1. The SMILES string of the molecule is Cc1nc(CC(=O)CC(N)CC(C)(C)C)cs1. The van der Waals surface area contributed by atoms with Crippen molar-refractivity contribution in [1.82, 2.24) is 4.98 Å². The molecule has 1 aromatic rings. The summed E-state index contributed by atoms with van der Waals surface area (Å²) in [6.45, 7) is 8.37. The van der Waals surface area contributed by atoms with Gasteiger partial charge in [-0.1, -0.05) is 20.8 Å². The van der Waals surface area contributed by atoms with Crippen LogP contribution in [-0.4, -0.2) is 16.8 Å². The molecular formula is C13H22N2OS. The third-order valence-electron chi connectivity index (χ3n) is 2.41. The Balaban J connectivity index is 2.39. The summed E-state index contributed by atoms with van der Waals surface area (Å²) < 4.78 is 0. The van der Waals surface area contributed by atoms with Gasteiger partial charge in [-0.2, -0.15) is 0 Å². The van der Waals surface area contributed by atoms with Crippen molar-refractivity contribution >= 4 is 17.1 Å². The number of aryl methyl sites for hydroxylation is 1. The number of nitrogens with two attached hydrogens (primary N) is 1. The van der Waals surface area contributed by atoms with Gasteiger partial charge < -0.3 is 5.73 Å². The fourth-order valence-corrected chi connectivity index (χ4v) is 2.53. The largest absolute Gasteiger partial charge is 0.327 e. The number of hydrogen-bond acceptors (Lipinski definition) is 4. The number of rotatable bonds is 5. The molecule has 17 heavy (non-hydrogen) atoms. The smallest absolute Gasteiger partial charge is 0.140 e. The molecule has 0 radical (unpaired) electrons. The molecule has 0 aliphatic heterocycles. The molecular weight excluding hydrogens is 232 g/mol. The normalized spacial score (nSPS) is 13.7. The second-order valence-electron chi connectivity index (χ2n) is 5.80. The molecule has 4 heteroatoms. The van der Waals surface area contributed by atoms with E-state index in [0.717, 1.165) is 17.1 Å². The van der Waals surface area contributed by atoms with Crippen molar-refractivity contribution in [2.24, 2.45) is 11.1 Å². The van der Waals surface area contributed by atoms with Crippen LogP contribution in [0.5, 0.6) is 0 Å². The Kier molecular flexibility index (Phi) is 4.83. The minimum atomic E-state index is -0.0396. The maximum Gasteiger partial charge on any atom is 0.140 e. The Bertz CT molecular complexity index is 379. The van der Waals surface area contributed by atoms with E-state index in [1.165, 1.54) is 0 Å². The zero-order valence-corrected chi connectivity index (χ0v) is 11.9. The molecule has 1 heterocycles. The first-order valence-corrected chi connectivity index (χ1v) is 6.82. The Labute approximate surface area is 107 Å².